The van der Waals surface area contributed by atoms with Crippen molar-refractivity contribution in [2.45, 2.75) is 25.4 Å². The molecule has 0 aliphatic carbocycles. The summed E-state index contributed by atoms with van der Waals surface area (Å²) in [6.07, 6.45) is 2.23. The van der Waals surface area contributed by atoms with Gasteiger partial charge in [0.25, 0.3) is 5.91 Å². The van der Waals surface area contributed by atoms with Crippen LogP contribution in [-0.4, -0.2) is 42.5 Å². The molecule has 0 radical (unpaired) electrons. The van der Waals surface area contributed by atoms with Crippen molar-refractivity contribution in [3.8, 4) is 6.07 Å². The number of carbonyl (C=O) groups excluding carboxylic acids is 2. The van der Waals surface area contributed by atoms with Crippen LogP contribution < -0.4 is 5.73 Å². The molecule has 126 valence electrons. The van der Waals surface area contributed by atoms with Crippen molar-refractivity contribution in [2.75, 3.05) is 19.7 Å². The molecule has 2 fully saturated rings. The standard InChI is InChI=1S/C18H21N3O3/c19-11-12-1-3-14(4-2-12)18(23)21-8-5-13(6-9-21)16-15(17(20)22)7-10-24-16/h1-4,13,15-16H,5-10H2,(H2,20,22)/t15-,16+/m0/s1. The maximum Gasteiger partial charge on any atom is 0.253 e. The number of likely N-dealkylation sites (tertiary alicyclic amines) is 1. The SMILES string of the molecule is N#Cc1ccc(C(=O)N2CCC([C@H]3OCC[C@@H]3C(N)=O)CC2)cc1. The summed E-state index contributed by atoms with van der Waals surface area (Å²) in [5.41, 5.74) is 6.60. The third kappa shape index (κ3) is 3.26. The van der Waals surface area contributed by atoms with E-state index in [-0.39, 0.29) is 29.8 Å². The summed E-state index contributed by atoms with van der Waals surface area (Å²) in [5, 5.41) is 8.82. The molecule has 2 heterocycles. The normalized spacial score (nSPS) is 24.5. The zero-order chi connectivity index (χ0) is 17.1. The van der Waals surface area contributed by atoms with Gasteiger partial charge in [0.15, 0.2) is 0 Å². The first kappa shape index (κ1) is 16.5. The predicted molar refractivity (Wildman–Crippen MR) is 86.8 cm³/mol. The van der Waals surface area contributed by atoms with Gasteiger partial charge in [-0.15, -0.1) is 0 Å². The minimum Gasteiger partial charge on any atom is -0.377 e. The van der Waals surface area contributed by atoms with Crippen molar-refractivity contribution in [1.29, 1.82) is 5.26 Å². The lowest BCUT2D eigenvalue weighted by Gasteiger charge is -2.35. The summed E-state index contributed by atoms with van der Waals surface area (Å²) in [4.78, 5) is 25.9. The molecule has 0 aromatic heterocycles. The molecule has 6 nitrogen and oxygen atoms in total. The molecule has 2 N–H and O–H groups in total. The van der Waals surface area contributed by atoms with Gasteiger partial charge in [-0.1, -0.05) is 0 Å². The molecule has 24 heavy (non-hydrogen) atoms. The molecule has 0 unspecified atom stereocenters. The highest BCUT2D eigenvalue weighted by Gasteiger charge is 2.39. The van der Waals surface area contributed by atoms with Gasteiger partial charge in [0.2, 0.25) is 5.91 Å². The molecule has 0 saturated carbocycles. The van der Waals surface area contributed by atoms with E-state index in [1.807, 2.05) is 11.0 Å². The summed E-state index contributed by atoms with van der Waals surface area (Å²) in [5.74, 6) is -0.226. The Bertz CT molecular complexity index is 657. The number of benzene rings is 1. The van der Waals surface area contributed by atoms with Crippen LogP contribution in [0.2, 0.25) is 0 Å². The van der Waals surface area contributed by atoms with Gasteiger partial charge in [0.05, 0.1) is 23.7 Å². The van der Waals surface area contributed by atoms with Crippen LogP contribution in [-0.2, 0) is 9.53 Å². The minimum absolute atomic E-state index is 0.0169. The highest BCUT2D eigenvalue weighted by atomic mass is 16.5. The Hall–Kier alpha value is -2.39. The Morgan fingerprint density at radius 1 is 1.17 bits per heavy atom. The molecular formula is C18H21N3O3. The van der Waals surface area contributed by atoms with E-state index < -0.39 is 0 Å². The highest BCUT2D eigenvalue weighted by Crippen LogP contribution is 2.33. The molecule has 3 rings (SSSR count). The van der Waals surface area contributed by atoms with E-state index >= 15 is 0 Å². The highest BCUT2D eigenvalue weighted by molar-refractivity contribution is 5.94. The first-order valence-corrected chi connectivity index (χ1v) is 8.30. The Morgan fingerprint density at radius 3 is 2.42 bits per heavy atom. The van der Waals surface area contributed by atoms with Gasteiger partial charge in [-0.25, -0.2) is 0 Å². The second-order valence-corrected chi connectivity index (χ2v) is 6.45. The number of primary amides is 1. The zero-order valence-electron chi connectivity index (χ0n) is 13.5. The summed E-state index contributed by atoms with van der Waals surface area (Å²) in [7, 11) is 0. The Kier molecular flexibility index (Phi) is 4.81. The summed E-state index contributed by atoms with van der Waals surface area (Å²) in [6, 6.07) is 8.74. The van der Waals surface area contributed by atoms with Gasteiger partial charge < -0.3 is 15.4 Å². The van der Waals surface area contributed by atoms with Crippen molar-refractivity contribution in [1.82, 2.24) is 4.90 Å². The fourth-order valence-electron chi connectivity index (χ4n) is 3.68. The number of ether oxygens (including phenoxy) is 1. The Labute approximate surface area is 141 Å². The monoisotopic (exact) mass is 327 g/mol. The molecule has 0 bridgehead atoms. The average molecular weight is 327 g/mol. The molecule has 2 aliphatic rings. The molecule has 2 aliphatic heterocycles. The quantitative estimate of drug-likeness (QED) is 0.905. The fourth-order valence-corrected chi connectivity index (χ4v) is 3.68. The third-order valence-electron chi connectivity index (χ3n) is 5.05. The first-order chi connectivity index (χ1) is 11.6. The second kappa shape index (κ2) is 7.02. The van der Waals surface area contributed by atoms with Gasteiger partial charge in [-0.05, 0) is 49.4 Å². The Morgan fingerprint density at radius 2 is 1.83 bits per heavy atom. The Balaban J connectivity index is 1.59. The predicted octanol–water partition coefficient (Wildman–Crippen LogP) is 1.30. The zero-order valence-corrected chi connectivity index (χ0v) is 13.5. The van der Waals surface area contributed by atoms with Crippen LogP contribution in [0.5, 0.6) is 0 Å². The van der Waals surface area contributed by atoms with Crippen LogP contribution in [0.3, 0.4) is 0 Å². The number of rotatable bonds is 3. The largest absolute Gasteiger partial charge is 0.377 e. The van der Waals surface area contributed by atoms with E-state index in [2.05, 4.69) is 0 Å². The van der Waals surface area contributed by atoms with E-state index in [0.717, 1.165) is 12.8 Å². The van der Waals surface area contributed by atoms with Crippen molar-refractivity contribution in [3.63, 3.8) is 0 Å². The summed E-state index contributed by atoms with van der Waals surface area (Å²) in [6.45, 7) is 1.88. The van der Waals surface area contributed by atoms with Crippen LogP contribution >= 0.6 is 0 Å². The van der Waals surface area contributed by atoms with E-state index in [4.69, 9.17) is 15.7 Å². The van der Waals surface area contributed by atoms with Gasteiger partial charge in [-0.3, -0.25) is 9.59 Å². The molecule has 2 atom stereocenters. The number of nitrogens with zero attached hydrogens (tertiary/aromatic N) is 2. The van der Waals surface area contributed by atoms with Crippen LogP contribution in [0.1, 0.15) is 35.2 Å². The molecule has 2 saturated heterocycles. The maximum absolute atomic E-state index is 12.5. The van der Waals surface area contributed by atoms with E-state index in [1.54, 1.807) is 24.3 Å². The van der Waals surface area contributed by atoms with E-state index in [1.165, 1.54) is 0 Å². The number of nitriles is 1. The lowest BCUT2D eigenvalue weighted by Crippen LogP contribution is -2.44. The average Bonchev–Trinajstić information content (AvgIpc) is 3.11. The van der Waals surface area contributed by atoms with Crippen molar-refractivity contribution >= 4 is 11.8 Å². The molecule has 0 spiro atoms. The summed E-state index contributed by atoms with van der Waals surface area (Å²) < 4.78 is 5.74. The van der Waals surface area contributed by atoms with Crippen molar-refractivity contribution < 1.29 is 14.3 Å². The van der Waals surface area contributed by atoms with Crippen LogP contribution in [0.15, 0.2) is 24.3 Å². The number of hydrogen-bond acceptors (Lipinski definition) is 4. The van der Waals surface area contributed by atoms with Crippen LogP contribution in [0.4, 0.5) is 0 Å². The van der Waals surface area contributed by atoms with E-state index in [0.29, 0.717) is 37.2 Å². The van der Waals surface area contributed by atoms with Crippen LogP contribution in [0, 0.1) is 23.2 Å². The number of nitrogens with two attached hydrogens (primary N) is 1. The smallest absolute Gasteiger partial charge is 0.253 e. The van der Waals surface area contributed by atoms with Crippen molar-refractivity contribution in [3.05, 3.63) is 35.4 Å². The lowest BCUT2D eigenvalue weighted by molar-refractivity contribution is -0.124. The van der Waals surface area contributed by atoms with Gasteiger partial charge >= 0.3 is 0 Å². The number of piperidine rings is 1. The molecular weight excluding hydrogens is 306 g/mol. The molecule has 1 aromatic carbocycles. The topological polar surface area (TPSA) is 96.4 Å². The minimum atomic E-state index is -0.284. The molecule has 6 heteroatoms. The first-order valence-electron chi connectivity index (χ1n) is 8.30. The van der Waals surface area contributed by atoms with Gasteiger partial charge in [-0.2, -0.15) is 5.26 Å². The molecule has 1 aromatic rings. The second-order valence-electron chi connectivity index (χ2n) is 6.45. The maximum atomic E-state index is 12.5. The van der Waals surface area contributed by atoms with Crippen molar-refractivity contribution in [2.24, 2.45) is 17.6 Å². The van der Waals surface area contributed by atoms with Gasteiger partial charge in [0, 0.05) is 25.3 Å². The number of amides is 2. The van der Waals surface area contributed by atoms with E-state index in [9.17, 15) is 9.59 Å². The lowest BCUT2D eigenvalue weighted by atomic mass is 9.84. The number of hydrogen-bond donors (Lipinski definition) is 1. The summed E-state index contributed by atoms with van der Waals surface area (Å²) >= 11 is 0. The van der Waals surface area contributed by atoms with Crippen LogP contribution in [0.25, 0.3) is 0 Å². The molecule has 2 amide bonds. The third-order valence-corrected chi connectivity index (χ3v) is 5.05. The number of carbonyl (C=O) groups is 2. The fraction of sp³-hybridized carbons (Fsp3) is 0.500. The van der Waals surface area contributed by atoms with Gasteiger partial charge in [0.1, 0.15) is 0 Å².